The van der Waals surface area contributed by atoms with Gasteiger partial charge in [0.15, 0.2) is 5.82 Å². The van der Waals surface area contributed by atoms with Crippen LogP contribution in [0.3, 0.4) is 0 Å². The number of nitrogens with zero attached hydrogens (tertiary/aromatic N) is 2. The fraction of sp³-hybridized carbons (Fsp3) is 0.375. The normalized spacial score (nSPS) is 9.80. The first kappa shape index (κ1) is 6.88. The zero-order valence-electron chi connectivity index (χ0n) is 6.20. The van der Waals surface area contributed by atoms with E-state index in [1.165, 1.54) is 0 Å². The van der Waals surface area contributed by atoms with Gasteiger partial charge in [-0.05, 0) is 19.8 Å². The maximum Gasteiger partial charge on any atom is 0.185 e. The molecule has 1 aromatic rings. The molecule has 0 N–H and O–H groups in total. The Morgan fingerprint density at radius 1 is 1.70 bits per heavy atom. The van der Waals surface area contributed by atoms with E-state index < -0.39 is 0 Å². The Morgan fingerprint density at radius 2 is 2.40 bits per heavy atom. The lowest BCUT2D eigenvalue weighted by atomic mass is 10.4. The maximum atomic E-state index is 5.20. The summed E-state index contributed by atoms with van der Waals surface area (Å²) < 4.78 is 1.96. The molecule has 0 spiro atoms. The number of aromatic nitrogens is 2. The van der Waals surface area contributed by atoms with Crippen LogP contribution < -0.4 is 0 Å². The van der Waals surface area contributed by atoms with Crippen molar-refractivity contribution in [1.29, 1.82) is 0 Å². The highest BCUT2D eigenvalue weighted by Gasteiger charge is 2.00. The molecular formula is C8H10N2. The summed E-state index contributed by atoms with van der Waals surface area (Å²) in [6, 6.07) is 0.397. The summed E-state index contributed by atoms with van der Waals surface area (Å²) in [5.41, 5.74) is 0. The van der Waals surface area contributed by atoms with Crippen LogP contribution in [-0.2, 0) is 0 Å². The van der Waals surface area contributed by atoms with Gasteiger partial charge in [0.2, 0.25) is 0 Å². The minimum absolute atomic E-state index is 0.397. The second kappa shape index (κ2) is 2.57. The molecule has 1 heterocycles. The molecule has 0 aliphatic carbocycles. The molecule has 0 aromatic carbocycles. The summed E-state index contributed by atoms with van der Waals surface area (Å²) in [6.07, 6.45) is 8.81. The van der Waals surface area contributed by atoms with Crippen molar-refractivity contribution in [2.45, 2.75) is 19.9 Å². The lowest BCUT2D eigenvalue weighted by Gasteiger charge is -2.06. The molecule has 1 rings (SSSR count). The second-order valence-electron chi connectivity index (χ2n) is 2.40. The average Bonchev–Trinajstić information content (AvgIpc) is 2.33. The molecule has 0 aliphatic heterocycles. The first-order valence-electron chi connectivity index (χ1n) is 3.25. The van der Waals surface area contributed by atoms with Gasteiger partial charge >= 0.3 is 0 Å². The second-order valence-corrected chi connectivity index (χ2v) is 2.40. The van der Waals surface area contributed by atoms with Crippen molar-refractivity contribution in [3.05, 3.63) is 18.2 Å². The quantitative estimate of drug-likeness (QED) is 0.531. The summed E-state index contributed by atoms with van der Waals surface area (Å²) in [4.78, 5) is 3.98. The van der Waals surface area contributed by atoms with Crippen molar-refractivity contribution >= 4 is 0 Å². The molecule has 2 heteroatoms. The Labute approximate surface area is 60.9 Å². The van der Waals surface area contributed by atoms with Gasteiger partial charge < -0.3 is 4.57 Å². The van der Waals surface area contributed by atoms with Crippen LogP contribution in [0.4, 0.5) is 0 Å². The first-order chi connectivity index (χ1) is 4.75. The topological polar surface area (TPSA) is 17.8 Å². The minimum Gasteiger partial charge on any atom is -0.322 e. The van der Waals surface area contributed by atoms with Gasteiger partial charge in [0.1, 0.15) is 0 Å². The van der Waals surface area contributed by atoms with Gasteiger partial charge in [-0.25, -0.2) is 4.98 Å². The van der Waals surface area contributed by atoms with Crippen LogP contribution in [0.2, 0.25) is 0 Å². The fourth-order valence-corrected chi connectivity index (χ4v) is 0.842. The van der Waals surface area contributed by atoms with Crippen molar-refractivity contribution in [3.8, 4) is 12.3 Å². The van der Waals surface area contributed by atoms with Crippen LogP contribution >= 0.6 is 0 Å². The molecule has 0 aliphatic rings. The maximum absolute atomic E-state index is 5.20. The predicted molar refractivity (Wildman–Crippen MR) is 40.5 cm³/mol. The Bertz CT molecular complexity index is 252. The van der Waals surface area contributed by atoms with E-state index in [0.29, 0.717) is 11.9 Å². The number of hydrogen-bond acceptors (Lipinski definition) is 1. The molecule has 2 nitrogen and oxygen atoms in total. The molecule has 10 heavy (non-hydrogen) atoms. The lowest BCUT2D eigenvalue weighted by Crippen LogP contribution is -2.01. The fourth-order valence-electron chi connectivity index (χ4n) is 0.842. The third-order valence-electron chi connectivity index (χ3n) is 1.35. The van der Waals surface area contributed by atoms with Gasteiger partial charge in [-0.15, -0.1) is 6.42 Å². The number of rotatable bonds is 1. The van der Waals surface area contributed by atoms with Gasteiger partial charge in [0.25, 0.3) is 0 Å². The molecule has 1 aromatic heterocycles. The van der Waals surface area contributed by atoms with Crippen molar-refractivity contribution in [2.75, 3.05) is 0 Å². The summed E-state index contributed by atoms with van der Waals surface area (Å²) >= 11 is 0. The van der Waals surface area contributed by atoms with E-state index in [2.05, 4.69) is 24.8 Å². The van der Waals surface area contributed by atoms with Crippen LogP contribution in [0.5, 0.6) is 0 Å². The highest BCUT2D eigenvalue weighted by Crippen LogP contribution is 2.05. The van der Waals surface area contributed by atoms with Crippen LogP contribution in [0.15, 0.2) is 12.4 Å². The molecule has 0 radical (unpaired) electrons. The molecule has 0 amide bonds. The standard InChI is InChI=1S/C8H10N2/c1-4-8-9-5-6-10(8)7(2)3/h1,5-7H,2-3H3. The predicted octanol–water partition coefficient (Wildman–Crippen LogP) is 1.45. The van der Waals surface area contributed by atoms with Gasteiger partial charge in [-0.1, -0.05) is 0 Å². The first-order valence-corrected chi connectivity index (χ1v) is 3.25. The third kappa shape index (κ3) is 1.03. The van der Waals surface area contributed by atoms with E-state index in [9.17, 15) is 0 Å². The van der Waals surface area contributed by atoms with Crippen LogP contribution in [0.25, 0.3) is 0 Å². The minimum atomic E-state index is 0.397. The number of imidazole rings is 1. The number of hydrogen-bond donors (Lipinski definition) is 0. The van der Waals surface area contributed by atoms with E-state index in [1.54, 1.807) is 6.20 Å². The van der Waals surface area contributed by atoms with Gasteiger partial charge in [-0.2, -0.15) is 0 Å². The Kier molecular flexibility index (Phi) is 1.77. The van der Waals surface area contributed by atoms with Crippen molar-refractivity contribution in [1.82, 2.24) is 9.55 Å². The molecule has 0 fully saturated rings. The monoisotopic (exact) mass is 134 g/mol. The number of terminal acetylenes is 1. The Morgan fingerprint density at radius 3 is 2.80 bits per heavy atom. The summed E-state index contributed by atoms with van der Waals surface area (Å²) in [5, 5.41) is 0. The highest BCUT2D eigenvalue weighted by molar-refractivity contribution is 5.17. The zero-order valence-corrected chi connectivity index (χ0v) is 6.20. The van der Waals surface area contributed by atoms with Gasteiger partial charge in [0.05, 0.1) is 0 Å². The molecular weight excluding hydrogens is 124 g/mol. The van der Waals surface area contributed by atoms with Crippen LogP contribution in [-0.4, -0.2) is 9.55 Å². The Balaban J connectivity index is 3.05. The van der Waals surface area contributed by atoms with E-state index >= 15 is 0 Å². The lowest BCUT2D eigenvalue weighted by molar-refractivity contribution is 0.593. The van der Waals surface area contributed by atoms with Crippen molar-refractivity contribution in [2.24, 2.45) is 0 Å². The summed E-state index contributed by atoms with van der Waals surface area (Å²) in [5.74, 6) is 3.21. The highest BCUT2D eigenvalue weighted by atomic mass is 15.1. The summed E-state index contributed by atoms with van der Waals surface area (Å²) in [6.45, 7) is 4.14. The summed E-state index contributed by atoms with van der Waals surface area (Å²) in [7, 11) is 0. The van der Waals surface area contributed by atoms with E-state index in [-0.39, 0.29) is 0 Å². The molecule has 0 bridgehead atoms. The average molecular weight is 134 g/mol. The van der Waals surface area contributed by atoms with E-state index in [0.717, 1.165) is 0 Å². The van der Waals surface area contributed by atoms with E-state index in [1.807, 2.05) is 10.8 Å². The van der Waals surface area contributed by atoms with Gasteiger partial charge in [-0.3, -0.25) is 0 Å². The SMILES string of the molecule is C#Cc1nccn1C(C)C. The van der Waals surface area contributed by atoms with E-state index in [4.69, 9.17) is 6.42 Å². The molecule has 0 saturated heterocycles. The zero-order chi connectivity index (χ0) is 7.56. The van der Waals surface area contributed by atoms with Crippen molar-refractivity contribution in [3.63, 3.8) is 0 Å². The largest absolute Gasteiger partial charge is 0.322 e. The molecule has 52 valence electrons. The van der Waals surface area contributed by atoms with Crippen LogP contribution in [0.1, 0.15) is 25.7 Å². The van der Waals surface area contributed by atoms with Crippen molar-refractivity contribution < 1.29 is 0 Å². The van der Waals surface area contributed by atoms with Crippen LogP contribution in [0, 0.1) is 12.3 Å². The molecule has 0 atom stereocenters. The van der Waals surface area contributed by atoms with Gasteiger partial charge in [0, 0.05) is 18.4 Å². The molecule has 0 unspecified atom stereocenters. The Hall–Kier alpha value is -1.23. The smallest absolute Gasteiger partial charge is 0.185 e. The third-order valence-corrected chi connectivity index (χ3v) is 1.35. The molecule has 0 saturated carbocycles.